The van der Waals surface area contributed by atoms with E-state index in [-0.39, 0.29) is 5.91 Å². The van der Waals surface area contributed by atoms with Crippen LogP contribution < -0.4 is 19.1 Å². The van der Waals surface area contributed by atoms with Crippen molar-refractivity contribution >= 4 is 45.5 Å². The lowest BCUT2D eigenvalue weighted by atomic mass is 10.1. The second-order valence-corrected chi connectivity index (χ2v) is 7.38. The van der Waals surface area contributed by atoms with Crippen molar-refractivity contribution in [3.63, 3.8) is 0 Å². The highest BCUT2D eigenvalue weighted by atomic mass is 32.2. The first-order valence-electron chi connectivity index (χ1n) is 8.13. The molecule has 1 fully saturated rings. The Kier molecular flexibility index (Phi) is 5.72. The van der Waals surface area contributed by atoms with Crippen molar-refractivity contribution in [3.05, 3.63) is 52.9 Å². The molecule has 5 nitrogen and oxygen atoms in total. The molecule has 0 aromatic heterocycles. The molecule has 1 aliphatic rings. The molecule has 140 valence electrons. The number of amides is 1. The van der Waals surface area contributed by atoms with Gasteiger partial charge in [0.05, 0.1) is 31.9 Å². The standard InChI is InChI=1S/C20H19NO4S2/c1-12(13-6-5-7-14(10-13)23-2)18-19(22)21(20(26)27-18)16-9-8-15(24-3)11-17(16)25-4/h5-11H,1-4H3/b18-12-. The number of carbonyl (C=O) groups excluding carboxylic acids is 1. The van der Waals surface area contributed by atoms with Gasteiger partial charge in [-0.2, -0.15) is 0 Å². The van der Waals surface area contributed by atoms with Gasteiger partial charge in [0.15, 0.2) is 4.32 Å². The minimum absolute atomic E-state index is 0.172. The maximum atomic E-state index is 13.1. The number of allylic oxidation sites excluding steroid dienone is 1. The molecular weight excluding hydrogens is 382 g/mol. The Balaban J connectivity index is 2.02. The first-order chi connectivity index (χ1) is 13.0. The van der Waals surface area contributed by atoms with Crippen LogP contribution in [0.4, 0.5) is 5.69 Å². The molecule has 1 saturated heterocycles. The normalized spacial score (nSPS) is 15.8. The quantitative estimate of drug-likeness (QED) is 0.543. The lowest BCUT2D eigenvalue weighted by Crippen LogP contribution is -2.28. The Bertz CT molecular complexity index is 939. The third-order valence-corrected chi connectivity index (χ3v) is 5.72. The summed E-state index contributed by atoms with van der Waals surface area (Å²) in [5.74, 6) is 1.73. The predicted octanol–water partition coefficient (Wildman–Crippen LogP) is 4.51. The average Bonchev–Trinajstić information content (AvgIpc) is 3.00. The van der Waals surface area contributed by atoms with Crippen molar-refractivity contribution in [1.29, 1.82) is 0 Å². The zero-order valence-corrected chi connectivity index (χ0v) is 17.1. The van der Waals surface area contributed by atoms with Crippen LogP contribution in [0.1, 0.15) is 12.5 Å². The van der Waals surface area contributed by atoms with Gasteiger partial charge in [0.25, 0.3) is 5.91 Å². The number of ether oxygens (including phenoxy) is 3. The van der Waals surface area contributed by atoms with Gasteiger partial charge in [-0.05, 0) is 42.3 Å². The maximum Gasteiger partial charge on any atom is 0.271 e. The molecule has 0 saturated carbocycles. The number of carbonyl (C=O) groups is 1. The molecule has 0 N–H and O–H groups in total. The molecule has 7 heteroatoms. The van der Waals surface area contributed by atoms with Gasteiger partial charge < -0.3 is 14.2 Å². The highest BCUT2D eigenvalue weighted by Gasteiger charge is 2.36. The Morgan fingerprint density at radius 2 is 1.70 bits per heavy atom. The Morgan fingerprint density at radius 3 is 2.37 bits per heavy atom. The number of benzene rings is 2. The number of nitrogens with zero attached hydrogens (tertiary/aromatic N) is 1. The Morgan fingerprint density at radius 1 is 1.00 bits per heavy atom. The molecule has 0 spiro atoms. The predicted molar refractivity (Wildman–Crippen MR) is 113 cm³/mol. The molecule has 3 rings (SSSR count). The molecule has 2 aromatic carbocycles. The maximum absolute atomic E-state index is 13.1. The van der Waals surface area contributed by atoms with Crippen LogP contribution >= 0.6 is 24.0 Å². The molecule has 2 aromatic rings. The van der Waals surface area contributed by atoms with Crippen molar-refractivity contribution < 1.29 is 19.0 Å². The number of hydrogen-bond donors (Lipinski definition) is 0. The van der Waals surface area contributed by atoms with Gasteiger partial charge in [0, 0.05) is 6.07 Å². The molecule has 0 aliphatic carbocycles. The third-order valence-electron chi connectivity index (χ3n) is 4.24. The van der Waals surface area contributed by atoms with Crippen LogP contribution in [-0.4, -0.2) is 31.6 Å². The van der Waals surface area contributed by atoms with Gasteiger partial charge in [-0.1, -0.05) is 36.1 Å². The van der Waals surface area contributed by atoms with Crippen LogP contribution in [0.5, 0.6) is 17.2 Å². The van der Waals surface area contributed by atoms with E-state index >= 15 is 0 Å². The third kappa shape index (κ3) is 3.65. The minimum atomic E-state index is -0.172. The summed E-state index contributed by atoms with van der Waals surface area (Å²) in [5, 5.41) is 0. The summed E-state index contributed by atoms with van der Waals surface area (Å²) in [5.41, 5.74) is 2.35. The fraction of sp³-hybridized carbons (Fsp3) is 0.200. The highest BCUT2D eigenvalue weighted by molar-refractivity contribution is 8.27. The summed E-state index contributed by atoms with van der Waals surface area (Å²) in [4.78, 5) is 15.2. The van der Waals surface area contributed by atoms with E-state index in [2.05, 4.69) is 0 Å². The van der Waals surface area contributed by atoms with E-state index < -0.39 is 0 Å². The molecule has 0 radical (unpaired) electrons. The lowest BCUT2D eigenvalue weighted by Gasteiger charge is -2.18. The summed E-state index contributed by atoms with van der Waals surface area (Å²) in [6.07, 6.45) is 0. The van der Waals surface area contributed by atoms with Crippen LogP contribution in [0.2, 0.25) is 0 Å². The number of anilines is 1. The lowest BCUT2D eigenvalue weighted by molar-refractivity contribution is -0.113. The van der Waals surface area contributed by atoms with Crippen molar-refractivity contribution in [2.24, 2.45) is 0 Å². The van der Waals surface area contributed by atoms with E-state index in [1.807, 2.05) is 31.2 Å². The van der Waals surface area contributed by atoms with Crippen LogP contribution in [0, 0.1) is 0 Å². The zero-order chi connectivity index (χ0) is 19.6. The van der Waals surface area contributed by atoms with Crippen molar-refractivity contribution in [1.82, 2.24) is 0 Å². The second-order valence-electron chi connectivity index (χ2n) is 5.73. The zero-order valence-electron chi connectivity index (χ0n) is 15.4. The Labute approximate surface area is 167 Å². The summed E-state index contributed by atoms with van der Waals surface area (Å²) in [7, 11) is 4.74. The fourth-order valence-corrected chi connectivity index (χ4v) is 4.09. The molecule has 1 amide bonds. The molecular formula is C20H19NO4S2. The first-order valence-corrected chi connectivity index (χ1v) is 9.36. The number of rotatable bonds is 5. The van der Waals surface area contributed by atoms with E-state index in [1.54, 1.807) is 39.5 Å². The largest absolute Gasteiger partial charge is 0.497 e. The number of methoxy groups -OCH3 is 3. The monoisotopic (exact) mass is 401 g/mol. The average molecular weight is 402 g/mol. The van der Waals surface area contributed by atoms with E-state index in [4.69, 9.17) is 26.4 Å². The van der Waals surface area contributed by atoms with Crippen molar-refractivity contribution in [3.8, 4) is 17.2 Å². The van der Waals surface area contributed by atoms with Crippen molar-refractivity contribution in [2.75, 3.05) is 26.2 Å². The Hall–Kier alpha value is -2.51. The molecule has 0 bridgehead atoms. The molecule has 1 aliphatic heterocycles. The molecule has 27 heavy (non-hydrogen) atoms. The number of thioether (sulfide) groups is 1. The van der Waals surface area contributed by atoms with Crippen LogP contribution in [0.25, 0.3) is 5.57 Å². The second kappa shape index (κ2) is 8.02. The first kappa shape index (κ1) is 19.3. The van der Waals surface area contributed by atoms with Crippen LogP contribution in [0.15, 0.2) is 47.4 Å². The smallest absolute Gasteiger partial charge is 0.271 e. The fourth-order valence-electron chi connectivity index (χ4n) is 2.76. The van der Waals surface area contributed by atoms with Crippen LogP contribution in [0.3, 0.4) is 0 Å². The van der Waals surface area contributed by atoms with Crippen molar-refractivity contribution in [2.45, 2.75) is 6.92 Å². The van der Waals surface area contributed by atoms with E-state index in [9.17, 15) is 4.79 Å². The van der Waals surface area contributed by atoms with Gasteiger partial charge in [0.1, 0.15) is 17.2 Å². The molecule has 0 atom stereocenters. The van der Waals surface area contributed by atoms with E-state index in [1.165, 1.54) is 16.7 Å². The SMILES string of the molecule is COc1cccc(/C(C)=C2\SC(=S)N(c3ccc(OC)cc3OC)C2=O)c1. The number of hydrogen-bond acceptors (Lipinski definition) is 6. The number of thiocarbonyl (C=S) groups is 1. The minimum Gasteiger partial charge on any atom is -0.497 e. The highest BCUT2D eigenvalue weighted by Crippen LogP contribution is 2.43. The molecule has 0 unspecified atom stereocenters. The van der Waals surface area contributed by atoms with Gasteiger partial charge in [-0.25, -0.2) is 0 Å². The topological polar surface area (TPSA) is 48.0 Å². The van der Waals surface area contributed by atoms with Crippen LogP contribution in [-0.2, 0) is 4.79 Å². The summed E-state index contributed by atoms with van der Waals surface area (Å²) < 4.78 is 16.4. The van der Waals surface area contributed by atoms with Gasteiger partial charge in [-0.3, -0.25) is 9.69 Å². The van der Waals surface area contributed by atoms with Gasteiger partial charge in [0.2, 0.25) is 0 Å². The summed E-state index contributed by atoms with van der Waals surface area (Å²) >= 11 is 6.77. The summed E-state index contributed by atoms with van der Waals surface area (Å²) in [6.45, 7) is 1.91. The molecule has 1 heterocycles. The van der Waals surface area contributed by atoms with Gasteiger partial charge >= 0.3 is 0 Å². The van der Waals surface area contributed by atoms with E-state index in [0.717, 1.165) is 16.9 Å². The van der Waals surface area contributed by atoms with Gasteiger partial charge in [-0.15, -0.1) is 0 Å². The van der Waals surface area contributed by atoms with E-state index in [0.29, 0.717) is 26.4 Å². The summed E-state index contributed by atoms with van der Waals surface area (Å²) in [6, 6.07) is 12.9.